The molecule has 0 spiro atoms. The largest absolute Gasteiger partial charge is 3.00 e. The molecule has 0 radical (unpaired) electrons. The van der Waals surface area contributed by atoms with Crippen molar-refractivity contribution in [3.63, 3.8) is 0 Å². The van der Waals surface area contributed by atoms with Crippen LogP contribution in [0.15, 0.2) is 0 Å². The molecule has 0 aromatic rings. The fourth-order valence-corrected chi connectivity index (χ4v) is 0. The predicted molar refractivity (Wildman–Crippen MR) is 50.9 cm³/mol. The molecule has 168 valence electrons. The van der Waals surface area contributed by atoms with Gasteiger partial charge in [0.1, 0.15) is 0 Å². The Balaban J connectivity index is -0.0000000817. The summed E-state index contributed by atoms with van der Waals surface area (Å²) in [5, 5.41) is 0. The fourth-order valence-electron chi connectivity index (χ4n) is 0. The molecule has 0 aromatic heterocycles. The van der Waals surface area contributed by atoms with E-state index in [1.54, 1.807) is 0 Å². The minimum Gasteiger partial charge on any atom is -0.741 e. The standard InChI is InChI=1S/3CHF3O3S.H2O.Tm/c3*2-1(3,4)8(5,6)7;;/h3*(H,5,6,7);1H2;/q;;;;+3/p-3. The molecule has 0 rings (SSSR count). The molecule has 0 atom stereocenters. The molecule has 26 heavy (non-hydrogen) atoms. The van der Waals surface area contributed by atoms with Crippen LogP contribution in [0, 0.1) is 36.9 Å². The van der Waals surface area contributed by atoms with E-state index in [0.29, 0.717) is 0 Å². The Labute approximate surface area is 167 Å². The second-order valence-corrected chi connectivity index (χ2v) is 6.81. The molecule has 0 aromatic carbocycles. The van der Waals surface area contributed by atoms with E-state index in [2.05, 4.69) is 0 Å². The van der Waals surface area contributed by atoms with Crippen molar-refractivity contribution >= 4 is 30.4 Å². The first-order chi connectivity index (χ1) is 9.75. The maximum absolute atomic E-state index is 10.7. The van der Waals surface area contributed by atoms with Crippen LogP contribution < -0.4 is 0 Å². The van der Waals surface area contributed by atoms with Crippen molar-refractivity contribution in [2.24, 2.45) is 0 Å². The maximum Gasteiger partial charge on any atom is 3.00 e. The molecule has 0 fully saturated rings. The smallest absolute Gasteiger partial charge is 0.741 e. The molecule has 23 heteroatoms. The molecule has 0 bridgehead atoms. The Morgan fingerprint density at radius 3 is 0.500 bits per heavy atom. The summed E-state index contributed by atoms with van der Waals surface area (Å²) >= 11 is 0. The van der Waals surface area contributed by atoms with Crippen molar-refractivity contribution in [1.82, 2.24) is 0 Å². The topological polar surface area (TPSA) is 203 Å². The van der Waals surface area contributed by atoms with Crippen molar-refractivity contribution in [3.8, 4) is 0 Å². The summed E-state index contributed by atoms with van der Waals surface area (Å²) in [5.74, 6) is 0. The van der Waals surface area contributed by atoms with Gasteiger partial charge in [-0.25, -0.2) is 25.3 Å². The van der Waals surface area contributed by atoms with Gasteiger partial charge in [-0.15, -0.1) is 0 Å². The molecule has 0 amide bonds. The molecule has 0 aliphatic rings. The molecule has 0 saturated heterocycles. The molecule has 0 saturated carbocycles. The van der Waals surface area contributed by atoms with E-state index in [4.69, 9.17) is 38.9 Å². The molecule has 2 N–H and O–H groups in total. The van der Waals surface area contributed by atoms with Crippen molar-refractivity contribution < 1.29 is 121 Å². The van der Waals surface area contributed by atoms with Gasteiger partial charge in [0.15, 0.2) is 30.4 Å². The van der Waals surface area contributed by atoms with Gasteiger partial charge in [-0.05, 0) is 0 Å². The van der Waals surface area contributed by atoms with Gasteiger partial charge in [-0.2, -0.15) is 39.5 Å². The van der Waals surface area contributed by atoms with Crippen molar-refractivity contribution in [2.45, 2.75) is 16.5 Å². The zero-order valence-corrected chi connectivity index (χ0v) is 14.8. The number of halogens is 9. The number of hydrogen-bond acceptors (Lipinski definition) is 9. The predicted octanol–water partition coefficient (Wildman–Crippen LogP) is -0.670. The van der Waals surface area contributed by atoms with E-state index < -0.39 is 46.9 Å². The quantitative estimate of drug-likeness (QED) is 0.188. The molecule has 10 nitrogen and oxygen atoms in total. The maximum atomic E-state index is 10.7. The summed E-state index contributed by atoms with van der Waals surface area (Å²) in [6, 6.07) is 0. The Hall–Kier alpha value is 0.294. The third-order valence-corrected chi connectivity index (χ3v) is 2.55. The second-order valence-electron chi connectivity index (χ2n) is 2.70. The van der Waals surface area contributed by atoms with Crippen LogP contribution in [0.4, 0.5) is 39.5 Å². The van der Waals surface area contributed by atoms with Gasteiger partial charge in [0.25, 0.3) is 0 Å². The second kappa shape index (κ2) is 11.3. The number of hydrogen-bond donors (Lipinski definition) is 0. The average molecular weight is 634 g/mol. The van der Waals surface area contributed by atoms with Gasteiger partial charge in [0, 0.05) is 0 Å². The van der Waals surface area contributed by atoms with Gasteiger partial charge in [0.2, 0.25) is 0 Å². The van der Waals surface area contributed by atoms with E-state index in [1.165, 1.54) is 0 Å². The fraction of sp³-hybridized carbons (Fsp3) is 1.00. The average Bonchev–Trinajstić information content (AvgIpc) is 2.08. The Morgan fingerprint density at radius 1 is 0.462 bits per heavy atom. The first kappa shape index (κ1) is 37.1. The van der Waals surface area contributed by atoms with Crippen LogP contribution >= 0.6 is 0 Å². The summed E-state index contributed by atoms with van der Waals surface area (Å²) in [4.78, 5) is 0. The van der Waals surface area contributed by atoms with Crippen LogP contribution in [-0.4, -0.2) is 60.9 Å². The Morgan fingerprint density at radius 2 is 0.500 bits per heavy atom. The van der Waals surface area contributed by atoms with Crippen LogP contribution in [0.3, 0.4) is 0 Å². The van der Waals surface area contributed by atoms with Crippen molar-refractivity contribution in [1.29, 1.82) is 0 Å². The third-order valence-electron chi connectivity index (χ3n) is 0.850. The van der Waals surface area contributed by atoms with Crippen LogP contribution in [-0.2, 0) is 30.4 Å². The van der Waals surface area contributed by atoms with Gasteiger partial charge >= 0.3 is 53.4 Å². The summed E-state index contributed by atoms with van der Waals surface area (Å²) in [6.45, 7) is 0. The van der Waals surface area contributed by atoms with Crippen LogP contribution in [0.2, 0.25) is 0 Å². The molecule has 0 heterocycles. The third kappa shape index (κ3) is 17.7. The van der Waals surface area contributed by atoms with Gasteiger partial charge in [-0.1, -0.05) is 0 Å². The normalized spacial score (nSPS) is 12.9. The Kier molecular flexibility index (Phi) is 16.2. The zero-order valence-electron chi connectivity index (χ0n) is 10.6. The van der Waals surface area contributed by atoms with Crippen molar-refractivity contribution in [3.05, 3.63) is 0 Å². The zero-order chi connectivity index (χ0) is 21.0. The molecule has 0 aliphatic heterocycles. The van der Waals surface area contributed by atoms with Crippen LogP contribution in [0.5, 0.6) is 0 Å². The van der Waals surface area contributed by atoms with Gasteiger partial charge < -0.3 is 19.1 Å². The molecular weight excluding hydrogens is 632 g/mol. The van der Waals surface area contributed by atoms with E-state index in [-0.39, 0.29) is 42.4 Å². The van der Waals surface area contributed by atoms with E-state index in [9.17, 15) is 39.5 Å². The SMILES string of the molecule is O.O=S(=O)([O-])C(F)(F)F.O=S(=O)([O-])C(F)(F)F.O=S(=O)([O-])C(F)(F)F.[Tm+3]. The minimum absolute atomic E-state index is 0. The first-order valence-corrected chi connectivity index (χ1v) is 8.04. The summed E-state index contributed by atoms with van der Waals surface area (Å²) < 4.78 is 177. The van der Waals surface area contributed by atoms with Crippen molar-refractivity contribution in [2.75, 3.05) is 0 Å². The van der Waals surface area contributed by atoms with E-state index in [0.717, 1.165) is 0 Å². The van der Waals surface area contributed by atoms with Crippen LogP contribution in [0.25, 0.3) is 0 Å². The van der Waals surface area contributed by atoms with Crippen LogP contribution in [0.1, 0.15) is 0 Å². The van der Waals surface area contributed by atoms with Gasteiger partial charge in [0.05, 0.1) is 0 Å². The van der Waals surface area contributed by atoms with E-state index >= 15 is 0 Å². The number of alkyl halides is 9. The monoisotopic (exact) mass is 634 g/mol. The summed E-state index contributed by atoms with van der Waals surface area (Å²) in [7, 11) is -18.3. The van der Waals surface area contributed by atoms with E-state index in [1.807, 2.05) is 0 Å². The molecular formula is C3H2F9O10S3Tm. The summed E-state index contributed by atoms with van der Waals surface area (Å²) in [6.07, 6.45) is 0. The molecule has 0 aliphatic carbocycles. The first-order valence-electron chi connectivity index (χ1n) is 3.81. The molecule has 0 unspecified atom stereocenters. The summed E-state index contributed by atoms with van der Waals surface area (Å²) in [5.41, 5.74) is -16.9. The number of rotatable bonds is 0. The Bertz CT molecular complexity index is 598. The minimum atomic E-state index is -6.09. The van der Waals surface area contributed by atoms with Gasteiger partial charge in [-0.3, -0.25) is 0 Å².